The molecule has 0 aromatic heterocycles. The third-order valence-corrected chi connectivity index (χ3v) is 4.57. The first-order valence-corrected chi connectivity index (χ1v) is 8.37. The third-order valence-electron chi connectivity index (χ3n) is 3.46. The van der Waals surface area contributed by atoms with Crippen molar-refractivity contribution in [3.05, 3.63) is 71.8 Å². The summed E-state index contributed by atoms with van der Waals surface area (Å²) in [5.74, 6) is 0.156. The average Bonchev–Trinajstić information content (AvgIpc) is 3.09. The van der Waals surface area contributed by atoms with Gasteiger partial charge in [0.1, 0.15) is 18.1 Å². The molecule has 1 aliphatic heterocycles. The molecular formula is C18H16O4S. The van der Waals surface area contributed by atoms with E-state index in [1.165, 1.54) is 11.8 Å². The van der Waals surface area contributed by atoms with E-state index < -0.39 is 6.10 Å². The topological polar surface area (TPSA) is 52.6 Å². The van der Waals surface area contributed by atoms with Gasteiger partial charge in [0.15, 0.2) is 5.78 Å². The number of benzene rings is 2. The minimum atomic E-state index is -0.483. The maximum absolute atomic E-state index is 12.3. The summed E-state index contributed by atoms with van der Waals surface area (Å²) < 4.78 is 10.9. The minimum absolute atomic E-state index is 0.0324. The molecule has 2 atom stereocenters. The summed E-state index contributed by atoms with van der Waals surface area (Å²) in [7, 11) is 0. The lowest BCUT2D eigenvalue weighted by molar-refractivity contribution is 0.0118. The van der Waals surface area contributed by atoms with Crippen LogP contribution in [0.25, 0.3) is 0 Å². The van der Waals surface area contributed by atoms with Crippen molar-refractivity contribution in [2.45, 2.75) is 11.5 Å². The summed E-state index contributed by atoms with van der Waals surface area (Å²) >= 11 is 1.49. The van der Waals surface area contributed by atoms with E-state index in [9.17, 15) is 9.59 Å². The summed E-state index contributed by atoms with van der Waals surface area (Å²) in [6.45, 7) is 0.136. The fourth-order valence-corrected chi connectivity index (χ4v) is 3.27. The Balaban J connectivity index is 1.50. The molecule has 2 aromatic rings. The van der Waals surface area contributed by atoms with Gasteiger partial charge in [0.25, 0.3) is 0 Å². The van der Waals surface area contributed by atoms with Crippen molar-refractivity contribution < 1.29 is 19.1 Å². The van der Waals surface area contributed by atoms with E-state index in [0.29, 0.717) is 16.9 Å². The average molecular weight is 328 g/mol. The summed E-state index contributed by atoms with van der Waals surface area (Å²) in [5.41, 5.74) is 0.841. The molecule has 0 radical (unpaired) electrons. The molecular weight excluding hydrogens is 312 g/mol. The van der Waals surface area contributed by atoms with E-state index in [-0.39, 0.29) is 23.8 Å². The number of carbonyl (C=O) groups excluding carboxylic acids is 2. The fraction of sp³-hybridized carbons (Fsp3) is 0.222. The standard InChI is InChI=1S/C18H16O4S/c19-17(13-7-3-1-4-8-13)15-12-23-16(22-15)11-21-18(20)14-9-5-2-6-10-14/h1-10,15-16H,11-12H2/t15-,16-/m1/s1. The molecule has 0 unspecified atom stereocenters. The number of Topliss-reactive ketones (excluding diaryl/α,β-unsaturated/α-hetero) is 1. The van der Waals surface area contributed by atoms with Gasteiger partial charge in [-0.25, -0.2) is 4.79 Å². The molecule has 1 heterocycles. The van der Waals surface area contributed by atoms with Crippen molar-refractivity contribution in [2.75, 3.05) is 12.4 Å². The van der Waals surface area contributed by atoms with Crippen LogP contribution in [-0.4, -0.2) is 35.7 Å². The first-order chi connectivity index (χ1) is 11.2. The van der Waals surface area contributed by atoms with Gasteiger partial charge in [-0.15, -0.1) is 11.8 Å². The Kier molecular flexibility index (Phi) is 5.10. The van der Waals surface area contributed by atoms with E-state index in [1.54, 1.807) is 36.4 Å². The van der Waals surface area contributed by atoms with Crippen LogP contribution in [0.3, 0.4) is 0 Å². The summed E-state index contributed by atoms with van der Waals surface area (Å²) in [6.07, 6.45) is -0.483. The van der Waals surface area contributed by atoms with Gasteiger partial charge in [0.05, 0.1) is 5.56 Å². The van der Waals surface area contributed by atoms with Gasteiger partial charge in [-0.3, -0.25) is 4.79 Å². The molecule has 1 saturated heterocycles. The molecule has 1 fully saturated rings. The molecule has 2 aromatic carbocycles. The third kappa shape index (κ3) is 4.00. The zero-order valence-electron chi connectivity index (χ0n) is 12.4. The zero-order chi connectivity index (χ0) is 16.1. The summed E-state index contributed by atoms with van der Waals surface area (Å²) in [4.78, 5) is 24.2. The Morgan fingerprint density at radius 3 is 2.26 bits per heavy atom. The summed E-state index contributed by atoms with van der Waals surface area (Å²) in [5, 5.41) is 0. The maximum Gasteiger partial charge on any atom is 0.338 e. The molecule has 0 spiro atoms. The molecule has 118 valence electrons. The van der Waals surface area contributed by atoms with Crippen LogP contribution in [0, 0.1) is 0 Å². The predicted octanol–water partition coefficient (Wildman–Crippen LogP) is 3.18. The van der Waals surface area contributed by atoms with Gasteiger partial charge >= 0.3 is 5.97 Å². The van der Waals surface area contributed by atoms with Crippen molar-refractivity contribution in [1.82, 2.24) is 0 Å². The molecule has 0 N–H and O–H groups in total. The van der Waals surface area contributed by atoms with Gasteiger partial charge in [0.2, 0.25) is 0 Å². The highest BCUT2D eigenvalue weighted by Crippen LogP contribution is 2.27. The molecule has 4 nitrogen and oxygen atoms in total. The number of hydrogen-bond acceptors (Lipinski definition) is 5. The van der Waals surface area contributed by atoms with Crippen molar-refractivity contribution in [3.63, 3.8) is 0 Å². The fourth-order valence-electron chi connectivity index (χ4n) is 2.27. The summed E-state index contributed by atoms with van der Waals surface area (Å²) in [6, 6.07) is 17.9. The van der Waals surface area contributed by atoms with Crippen molar-refractivity contribution in [2.24, 2.45) is 0 Å². The van der Waals surface area contributed by atoms with Crippen LogP contribution >= 0.6 is 11.8 Å². The molecule has 0 aliphatic carbocycles. The predicted molar refractivity (Wildman–Crippen MR) is 88.6 cm³/mol. The van der Waals surface area contributed by atoms with Gasteiger partial charge in [-0.05, 0) is 12.1 Å². The normalized spacial score (nSPS) is 20.2. The number of esters is 1. The second-order valence-electron chi connectivity index (χ2n) is 5.08. The van der Waals surface area contributed by atoms with Crippen LogP contribution in [0.1, 0.15) is 20.7 Å². The largest absolute Gasteiger partial charge is 0.458 e. The van der Waals surface area contributed by atoms with Crippen molar-refractivity contribution in [3.8, 4) is 0 Å². The van der Waals surface area contributed by atoms with Crippen LogP contribution in [0.2, 0.25) is 0 Å². The first-order valence-electron chi connectivity index (χ1n) is 7.32. The quantitative estimate of drug-likeness (QED) is 0.623. The van der Waals surface area contributed by atoms with Crippen molar-refractivity contribution in [1.29, 1.82) is 0 Å². The highest BCUT2D eigenvalue weighted by molar-refractivity contribution is 8.00. The van der Waals surface area contributed by atoms with E-state index in [0.717, 1.165) is 0 Å². The number of thioether (sulfide) groups is 1. The van der Waals surface area contributed by atoms with E-state index in [1.807, 2.05) is 24.3 Å². The number of rotatable bonds is 5. The highest BCUT2D eigenvalue weighted by atomic mass is 32.2. The molecule has 5 heteroatoms. The first kappa shape index (κ1) is 15.8. The molecule has 0 saturated carbocycles. The minimum Gasteiger partial charge on any atom is -0.458 e. The molecule has 0 amide bonds. The lowest BCUT2D eigenvalue weighted by Gasteiger charge is -2.12. The Bertz CT molecular complexity index is 672. The van der Waals surface area contributed by atoms with Gasteiger partial charge in [0, 0.05) is 11.3 Å². The molecule has 23 heavy (non-hydrogen) atoms. The van der Waals surface area contributed by atoms with Gasteiger partial charge in [-0.1, -0.05) is 48.5 Å². The Hall–Kier alpha value is -2.11. The SMILES string of the molecule is O=C(OC[C@@H]1O[C@@H](C(=O)c2ccccc2)CS1)c1ccccc1. The smallest absolute Gasteiger partial charge is 0.338 e. The van der Waals surface area contributed by atoms with Crippen LogP contribution in [0.4, 0.5) is 0 Å². The van der Waals surface area contributed by atoms with Gasteiger partial charge < -0.3 is 9.47 Å². The Morgan fingerprint density at radius 1 is 1.00 bits per heavy atom. The number of ether oxygens (including phenoxy) is 2. The molecule has 1 aliphatic rings. The second-order valence-corrected chi connectivity index (χ2v) is 6.27. The maximum atomic E-state index is 12.3. The Labute approximate surface area is 138 Å². The Morgan fingerprint density at radius 2 is 1.61 bits per heavy atom. The van der Waals surface area contributed by atoms with Crippen LogP contribution in [0.5, 0.6) is 0 Å². The molecule has 0 bridgehead atoms. The highest BCUT2D eigenvalue weighted by Gasteiger charge is 2.32. The van der Waals surface area contributed by atoms with Crippen molar-refractivity contribution >= 4 is 23.5 Å². The molecule has 3 rings (SSSR count). The number of hydrogen-bond donors (Lipinski definition) is 0. The number of ketones is 1. The van der Waals surface area contributed by atoms with Crippen LogP contribution in [-0.2, 0) is 9.47 Å². The van der Waals surface area contributed by atoms with Gasteiger partial charge in [-0.2, -0.15) is 0 Å². The second kappa shape index (κ2) is 7.44. The van der Waals surface area contributed by atoms with E-state index in [4.69, 9.17) is 9.47 Å². The van der Waals surface area contributed by atoms with Crippen LogP contribution < -0.4 is 0 Å². The zero-order valence-corrected chi connectivity index (χ0v) is 13.2. The van der Waals surface area contributed by atoms with Crippen LogP contribution in [0.15, 0.2) is 60.7 Å². The number of carbonyl (C=O) groups is 2. The monoisotopic (exact) mass is 328 g/mol. The lowest BCUT2D eigenvalue weighted by Crippen LogP contribution is -2.25. The van der Waals surface area contributed by atoms with E-state index >= 15 is 0 Å². The van der Waals surface area contributed by atoms with E-state index in [2.05, 4.69) is 0 Å². The lowest BCUT2D eigenvalue weighted by atomic mass is 10.1.